The quantitative estimate of drug-likeness (QED) is 0.845. The monoisotopic (exact) mass is 276 g/mol. The predicted molar refractivity (Wildman–Crippen MR) is 73.0 cm³/mol. The van der Waals surface area contributed by atoms with E-state index in [4.69, 9.17) is 8.94 Å². The molecule has 2 aromatic heterocycles. The highest BCUT2D eigenvalue weighted by molar-refractivity contribution is 5.05. The standard InChI is InChI=1S/C14H20N4O2/c1-11-3-4-13(19-11)9-17-5-7-18(8-6-17)10-14-15-12(2)20-16-14/h3-4H,5-10H2,1-2H3. The summed E-state index contributed by atoms with van der Waals surface area (Å²) in [7, 11) is 0. The number of piperazine rings is 1. The first-order chi connectivity index (χ1) is 9.69. The molecule has 0 spiro atoms. The van der Waals surface area contributed by atoms with E-state index in [0.29, 0.717) is 5.89 Å². The van der Waals surface area contributed by atoms with Crippen molar-refractivity contribution in [3.63, 3.8) is 0 Å². The van der Waals surface area contributed by atoms with Crippen LogP contribution in [-0.4, -0.2) is 46.1 Å². The van der Waals surface area contributed by atoms with E-state index in [-0.39, 0.29) is 0 Å². The summed E-state index contributed by atoms with van der Waals surface area (Å²) in [6, 6.07) is 4.08. The first-order valence-corrected chi connectivity index (χ1v) is 6.98. The lowest BCUT2D eigenvalue weighted by molar-refractivity contribution is 0.113. The molecule has 1 fully saturated rings. The Kier molecular flexibility index (Phi) is 3.84. The van der Waals surface area contributed by atoms with Crippen LogP contribution >= 0.6 is 0 Å². The van der Waals surface area contributed by atoms with Crippen LogP contribution in [0.1, 0.15) is 23.2 Å². The largest absolute Gasteiger partial charge is 0.465 e. The van der Waals surface area contributed by atoms with Gasteiger partial charge in [-0.25, -0.2) is 0 Å². The number of hydrogen-bond donors (Lipinski definition) is 0. The van der Waals surface area contributed by atoms with Crippen molar-refractivity contribution in [2.45, 2.75) is 26.9 Å². The molecule has 0 aliphatic carbocycles. The molecule has 6 nitrogen and oxygen atoms in total. The van der Waals surface area contributed by atoms with Crippen LogP contribution in [0.25, 0.3) is 0 Å². The zero-order chi connectivity index (χ0) is 13.9. The van der Waals surface area contributed by atoms with E-state index in [9.17, 15) is 0 Å². The maximum absolute atomic E-state index is 5.62. The third-order valence-electron chi connectivity index (χ3n) is 3.58. The molecule has 1 saturated heterocycles. The van der Waals surface area contributed by atoms with Gasteiger partial charge >= 0.3 is 0 Å². The van der Waals surface area contributed by atoms with Gasteiger partial charge in [0.2, 0.25) is 5.89 Å². The van der Waals surface area contributed by atoms with Gasteiger partial charge in [0.05, 0.1) is 13.1 Å². The van der Waals surface area contributed by atoms with Crippen LogP contribution in [0.2, 0.25) is 0 Å². The zero-order valence-corrected chi connectivity index (χ0v) is 12.0. The molecule has 6 heteroatoms. The lowest BCUT2D eigenvalue weighted by Crippen LogP contribution is -2.45. The third kappa shape index (κ3) is 3.26. The van der Waals surface area contributed by atoms with E-state index in [0.717, 1.165) is 56.6 Å². The number of nitrogens with zero attached hydrogens (tertiary/aromatic N) is 4. The lowest BCUT2D eigenvalue weighted by Gasteiger charge is -2.33. The molecular weight excluding hydrogens is 256 g/mol. The normalized spacial score (nSPS) is 17.7. The number of aryl methyl sites for hydroxylation is 2. The van der Waals surface area contributed by atoms with Crippen molar-refractivity contribution in [3.05, 3.63) is 35.4 Å². The Balaban J connectivity index is 1.47. The minimum atomic E-state index is 0.631. The number of rotatable bonds is 4. The Labute approximate surface area is 118 Å². The SMILES string of the molecule is Cc1ccc(CN2CCN(Cc3noc(C)n3)CC2)o1. The second kappa shape index (κ2) is 5.76. The fraction of sp³-hybridized carbons (Fsp3) is 0.571. The van der Waals surface area contributed by atoms with E-state index in [2.05, 4.69) is 26.0 Å². The topological polar surface area (TPSA) is 58.5 Å². The summed E-state index contributed by atoms with van der Waals surface area (Å²) in [6.45, 7) is 9.58. The highest BCUT2D eigenvalue weighted by atomic mass is 16.5. The average molecular weight is 276 g/mol. The highest BCUT2D eigenvalue weighted by Gasteiger charge is 2.19. The van der Waals surface area contributed by atoms with Crippen molar-refractivity contribution >= 4 is 0 Å². The van der Waals surface area contributed by atoms with Crippen molar-refractivity contribution in [1.82, 2.24) is 19.9 Å². The molecule has 20 heavy (non-hydrogen) atoms. The smallest absolute Gasteiger partial charge is 0.223 e. The molecule has 0 N–H and O–H groups in total. The van der Waals surface area contributed by atoms with Crippen molar-refractivity contribution in [2.24, 2.45) is 0 Å². The molecule has 1 aliphatic heterocycles. The molecule has 1 aliphatic rings. The van der Waals surface area contributed by atoms with Crippen LogP contribution in [0.5, 0.6) is 0 Å². The maximum Gasteiger partial charge on any atom is 0.223 e. The molecule has 3 heterocycles. The molecule has 0 radical (unpaired) electrons. The fourth-order valence-corrected chi connectivity index (χ4v) is 2.50. The number of aromatic nitrogens is 2. The van der Waals surface area contributed by atoms with E-state index >= 15 is 0 Å². The van der Waals surface area contributed by atoms with Crippen molar-refractivity contribution < 1.29 is 8.94 Å². The van der Waals surface area contributed by atoms with Gasteiger partial charge in [-0.05, 0) is 19.1 Å². The Morgan fingerprint density at radius 3 is 2.30 bits per heavy atom. The van der Waals surface area contributed by atoms with E-state index in [1.54, 1.807) is 0 Å². The van der Waals surface area contributed by atoms with Crippen molar-refractivity contribution in [2.75, 3.05) is 26.2 Å². The molecule has 0 amide bonds. The molecule has 0 atom stereocenters. The Hall–Kier alpha value is -1.66. The van der Waals surface area contributed by atoms with Crippen LogP contribution < -0.4 is 0 Å². The lowest BCUT2D eigenvalue weighted by atomic mass is 10.3. The maximum atomic E-state index is 5.62. The molecule has 108 valence electrons. The van der Waals surface area contributed by atoms with E-state index in [1.165, 1.54) is 0 Å². The van der Waals surface area contributed by atoms with Crippen LogP contribution in [0, 0.1) is 13.8 Å². The zero-order valence-electron chi connectivity index (χ0n) is 12.0. The molecule has 0 saturated carbocycles. The Morgan fingerprint density at radius 2 is 1.75 bits per heavy atom. The van der Waals surface area contributed by atoms with Gasteiger partial charge in [-0.1, -0.05) is 5.16 Å². The van der Waals surface area contributed by atoms with Gasteiger partial charge in [-0.3, -0.25) is 9.80 Å². The number of furan rings is 1. The van der Waals surface area contributed by atoms with E-state index < -0.39 is 0 Å². The summed E-state index contributed by atoms with van der Waals surface area (Å²) in [6.07, 6.45) is 0. The number of hydrogen-bond acceptors (Lipinski definition) is 6. The van der Waals surface area contributed by atoms with Crippen molar-refractivity contribution in [3.8, 4) is 0 Å². The van der Waals surface area contributed by atoms with Gasteiger partial charge in [-0.15, -0.1) is 0 Å². The summed E-state index contributed by atoms with van der Waals surface area (Å²) in [5.41, 5.74) is 0. The van der Waals surface area contributed by atoms with Crippen LogP contribution in [0.15, 0.2) is 21.1 Å². The van der Waals surface area contributed by atoms with Crippen LogP contribution in [-0.2, 0) is 13.1 Å². The summed E-state index contributed by atoms with van der Waals surface area (Å²) in [4.78, 5) is 9.01. The third-order valence-corrected chi connectivity index (χ3v) is 3.58. The van der Waals surface area contributed by atoms with Crippen LogP contribution in [0.3, 0.4) is 0 Å². The Bertz CT molecular complexity index is 505. The summed E-state index contributed by atoms with van der Waals surface area (Å²) < 4.78 is 10.6. The second-order valence-corrected chi connectivity index (χ2v) is 5.29. The molecule has 3 rings (SSSR count). The van der Waals surface area contributed by atoms with Crippen LogP contribution in [0.4, 0.5) is 0 Å². The first kappa shape index (κ1) is 13.3. The van der Waals surface area contributed by atoms with Gasteiger partial charge in [0.1, 0.15) is 11.5 Å². The highest BCUT2D eigenvalue weighted by Crippen LogP contribution is 2.12. The summed E-state index contributed by atoms with van der Waals surface area (Å²) >= 11 is 0. The minimum absolute atomic E-state index is 0.631. The van der Waals surface area contributed by atoms with E-state index in [1.807, 2.05) is 19.9 Å². The first-order valence-electron chi connectivity index (χ1n) is 6.98. The average Bonchev–Trinajstić information content (AvgIpc) is 3.01. The molecular formula is C14H20N4O2. The van der Waals surface area contributed by atoms with Gasteiger partial charge in [0, 0.05) is 33.1 Å². The Morgan fingerprint density at radius 1 is 1.05 bits per heavy atom. The summed E-state index contributed by atoms with van der Waals surface area (Å²) in [5.74, 6) is 3.43. The molecule has 0 bridgehead atoms. The minimum Gasteiger partial charge on any atom is -0.465 e. The second-order valence-electron chi connectivity index (χ2n) is 5.29. The molecule has 0 aromatic carbocycles. The predicted octanol–water partition coefficient (Wildman–Crippen LogP) is 1.60. The van der Waals surface area contributed by atoms with Gasteiger partial charge in [0.15, 0.2) is 5.82 Å². The summed E-state index contributed by atoms with van der Waals surface area (Å²) in [5, 5.41) is 3.94. The fourth-order valence-electron chi connectivity index (χ4n) is 2.50. The molecule has 2 aromatic rings. The van der Waals surface area contributed by atoms with Gasteiger partial charge in [-0.2, -0.15) is 4.98 Å². The van der Waals surface area contributed by atoms with Crippen molar-refractivity contribution in [1.29, 1.82) is 0 Å². The van der Waals surface area contributed by atoms with Gasteiger partial charge < -0.3 is 8.94 Å². The van der Waals surface area contributed by atoms with Gasteiger partial charge in [0.25, 0.3) is 0 Å². The molecule has 0 unspecified atom stereocenters.